The van der Waals surface area contributed by atoms with Crippen molar-refractivity contribution in [3.05, 3.63) is 47.8 Å². The van der Waals surface area contributed by atoms with Crippen LogP contribution in [0.2, 0.25) is 0 Å². The molecule has 0 atom stereocenters. The van der Waals surface area contributed by atoms with E-state index in [0.29, 0.717) is 24.3 Å². The zero-order valence-corrected chi connectivity index (χ0v) is 17.6. The zero-order valence-electron chi connectivity index (χ0n) is 16.8. The van der Waals surface area contributed by atoms with Gasteiger partial charge in [-0.3, -0.25) is 14.4 Å². The SMILES string of the molecule is Cn1cc(S(=O)(=O)N2CCCC2)cc1C(=O)n1ccccc1=NC1CCCCC1. The quantitative estimate of drug-likeness (QED) is 0.769. The van der Waals surface area contributed by atoms with Crippen molar-refractivity contribution in [3.8, 4) is 0 Å². The Morgan fingerprint density at radius 3 is 2.52 bits per heavy atom. The fourth-order valence-corrected chi connectivity index (χ4v) is 5.79. The highest BCUT2D eigenvalue weighted by Crippen LogP contribution is 2.23. The number of aryl methyl sites for hydroxylation is 1. The summed E-state index contributed by atoms with van der Waals surface area (Å²) in [4.78, 5) is 18.3. The maximum absolute atomic E-state index is 13.3. The van der Waals surface area contributed by atoms with Crippen molar-refractivity contribution >= 4 is 15.9 Å². The number of hydrogen-bond acceptors (Lipinski definition) is 4. The van der Waals surface area contributed by atoms with Gasteiger partial charge in [-0.15, -0.1) is 0 Å². The molecule has 1 saturated carbocycles. The van der Waals surface area contributed by atoms with Crippen LogP contribution >= 0.6 is 0 Å². The number of hydrogen-bond donors (Lipinski definition) is 0. The molecule has 0 aromatic carbocycles. The summed E-state index contributed by atoms with van der Waals surface area (Å²) in [6.07, 6.45) is 10.7. The molecule has 0 spiro atoms. The van der Waals surface area contributed by atoms with Crippen LogP contribution in [0.3, 0.4) is 0 Å². The lowest BCUT2D eigenvalue weighted by Crippen LogP contribution is -2.30. The van der Waals surface area contributed by atoms with Crippen molar-refractivity contribution in [2.75, 3.05) is 13.1 Å². The Hall–Kier alpha value is -2.19. The molecule has 8 heteroatoms. The molecule has 0 bridgehead atoms. The Balaban J connectivity index is 1.68. The van der Waals surface area contributed by atoms with E-state index in [1.54, 1.807) is 23.9 Å². The lowest BCUT2D eigenvalue weighted by atomic mass is 9.96. The number of rotatable bonds is 4. The highest BCUT2D eigenvalue weighted by molar-refractivity contribution is 7.89. The molecule has 0 N–H and O–H groups in total. The van der Waals surface area contributed by atoms with E-state index >= 15 is 0 Å². The zero-order chi connectivity index (χ0) is 20.4. The number of carbonyl (C=O) groups is 1. The van der Waals surface area contributed by atoms with Crippen LogP contribution < -0.4 is 5.49 Å². The molecule has 0 radical (unpaired) electrons. The first-order valence-corrected chi connectivity index (χ1v) is 11.8. The first-order valence-electron chi connectivity index (χ1n) is 10.4. The minimum Gasteiger partial charge on any atom is -0.345 e. The third-order valence-corrected chi connectivity index (χ3v) is 7.71. The van der Waals surface area contributed by atoms with Gasteiger partial charge in [0.2, 0.25) is 10.0 Å². The van der Waals surface area contributed by atoms with Crippen molar-refractivity contribution < 1.29 is 13.2 Å². The maximum atomic E-state index is 13.3. The molecule has 0 unspecified atom stereocenters. The van der Waals surface area contributed by atoms with Gasteiger partial charge in [0.05, 0.1) is 6.04 Å². The predicted octanol–water partition coefficient (Wildman–Crippen LogP) is 2.53. The summed E-state index contributed by atoms with van der Waals surface area (Å²) < 4.78 is 30.3. The first kappa shape index (κ1) is 20.1. The highest BCUT2D eigenvalue weighted by Gasteiger charge is 2.29. The molecule has 1 aliphatic heterocycles. The summed E-state index contributed by atoms with van der Waals surface area (Å²) in [7, 11) is -1.86. The van der Waals surface area contributed by atoms with E-state index in [0.717, 1.165) is 25.7 Å². The minimum atomic E-state index is -3.56. The Kier molecular flexibility index (Phi) is 5.74. The van der Waals surface area contributed by atoms with Gasteiger partial charge in [0.25, 0.3) is 5.91 Å². The molecule has 0 amide bonds. The normalized spacial score (nSPS) is 19.7. The second-order valence-corrected chi connectivity index (χ2v) is 9.88. The van der Waals surface area contributed by atoms with E-state index in [1.165, 1.54) is 40.4 Å². The van der Waals surface area contributed by atoms with Gasteiger partial charge in [-0.2, -0.15) is 4.31 Å². The highest BCUT2D eigenvalue weighted by atomic mass is 32.2. The number of pyridine rings is 1. The fourth-order valence-electron chi connectivity index (χ4n) is 4.20. The monoisotopic (exact) mass is 416 g/mol. The van der Waals surface area contributed by atoms with Gasteiger partial charge in [-0.1, -0.05) is 25.3 Å². The van der Waals surface area contributed by atoms with Gasteiger partial charge in [0.15, 0.2) is 0 Å². The van der Waals surface area contributed by atoms with Crippen LogP contribution in [0.1, 0.15) is 55.4 Å². The topological polar surface area (TPSA) is 76.7 Å². The first-order chi connectivity index (χ1) is 14.0. The van der Waals surface area contributed by atoms with Crippen molar-refractivity contribution in [1.29, 1.82) is 0 Å². The van der Waals surface area contributed by atoms with Gasteiger partial charge in [0.1, 0.15) is 16.1 Å². The van der Waals surface area contributed by atoms with Crippen molar-refractivity contribution in [2.24, 2.45) is 12.0 Å². The fraction of sp³-hybridized carbons (Fsp3) is 0.524. The summed E-state index contributed by atoms with van der Waals surface area (Å²) in [6.45, 7) is 1.08. The second kappa shape index (κ2) is 8.28. The molecule has 1 aliphatic carbocycles. The smallest absolute Gasteiger partial charge is 0.280 e. The van der Waals surface area contributed by atoms with Gasteiger partial charge < -0.3 is 4.57 Å². The lowest BCUT2D eigenvalue weighted by Gasteiger charge is -2.17. The third-order valence-electron chi connectivity index (χ3n) is 5.85. The Bertz CT molecular complexity index is 1060. The summed E-state index contributed by atoms with van der Waals surface area (Å²) in [6, 6.07) is 7.24. The van der Waals surface area contributed by atoms with E-state index in [4.69, 9.17) is 4.99 Å². The molecule has 1 saturated heterocycles. The maximum Gasteiger partial charge on any atom is 0.280 e. The summed E-state index contributed by atoms with van der Waals surface area (Å²) in [5, 5.41) is 0. The predicted molar refractivity (Wildman–Crippen MR) is 110 cm³/mol. The lowest BCUT2D eigenvalue weighted by molar-refractivity contribution is 0.0946. The molecule has 2 aliphatic rings. The van der Waals surface area contributed by atoms with Crippen LogP contribution in [0.15, 0.2) is 46.5 Å². The van der Waals surface area contributed by atoms with Crippen LogP contribution in [-0.2, 0) is 17.1 Å². The van der Waals surface area contributed by atoms with Crippen LogP contribution in [0.5, 0.6) is 0 Å². The third kappa shape index (κ3) is 4.09. The summed E-state index contributed by atoms with van der Waals surface area (Å²) >= 11 is 0. The van der Waals surface area contributed by atoms with E-state index < -0.39 is 10.0 Å². The molecule has 3 heterocycles. The molecule has 2 fully saturated rings. The van der Waals surface area contributed by atoms with E-state index in [-0.39, 0.29) is 16.8 Å². The number of sulfonamides is 1. The van der Waals surface area contributed by atoms with E-state index in [9.17, 15) is 13.2 Å². The number of nitrogens with zero attached hydrogens (tertiary/aromatic N) is 4. The van der Waals surface area contributed by atoms with Crippen LogP contribution in [0.25, 0.3) is 0 Å². The van der Waals surface area contributed by atoms with Crippen LogP contribution in [0.4, 0.5) is 0 Å². The Morgan fingerprint density at radius 1 is 1.07 bits per heavy atom. The van der Waals surface area contributed by atoms with Gasteiger partial charge in [-0.25, -0.2) is 8.42 Å². The largest absolute Gasteiger partial charge is 0.345 e. The summed E-state index contributed by atoms with van der Waals surface area (Å²) in [5.41, 5.74) is 0.952. The van der Waals surface area contributed by atoms with Crippen LogP contribution in [-0.4, -0.2) is 46.9 Å². The van der Waals surface area contributed by atoms with E-state index in [1.807, 2.05) is 12.1 Å². The molecule has 7 nitrogen and oxygen atoms in total. The molecular formula is C21H28N4O3S. The minimum absolute atomic E-state index is 0.174. The Labute approximate surface area is 171 Å². The van der Waals surface area contributed by atoms with Crippen molar-refractivity contribution in [3.63, 3.8) is 0 Å². The average molecular weight is 417 g/mol. The summed E-state index contributed by atoms with van der Waals surface area (Å²) in [5.74, 6) is -0.273. The van der Waals surface area contributed by atoms with Crippen molar-refractivity contribution in [2.45, 2.75) is 55.9 Å². The second-order valence-electron chi connectivity index (χ2n) is 7.94. The van der Waals surface area contributed by atoms with E-state index in [2.05, 4.69) is 0 Å². The van der Waals surface area contributed by atoms with Gasteiger partial charge in [0, 0.05) is 32.5 Å². The number of carbonyl (C=O) groups excluding carboxylic acids is 1. The van der Waals surface area contributed by atoms with Crippen molar-refractivity contribution in [1.82, 2.24) is 13.4 Å². The molecule has 4 rings (SSSR count). The molecule has 2 aromatic rings. The average Bonchev–Trinajstić information content (AvgIpc) is 3.39. The number of aromatic nitrogens is 2. The molecule has 2 aromatic heterocycles. The van der Waals surface area contributed by atoms with Gasteiger partial charge in [-0.05, 0) is 43.9 Å². The van der Waals surface area contributed by atoms with Gasteiger partial charge >= 0.3 is 0 Å². The van der Waals surface area contributed by atoms with Crippen LogP contribution in [0, 0.1) is 0 Å². The Morgan fingerprint density at radius 2 is 1.79 bits per heavy atom. The standard InChI is InChI=1S/C21H28N4O3S/c1-23-16-18(29(27,28)24-12-7-8-13-24)15-19(23)21(26)25-14-6-5-11-20(25)22-17-9-3-2-4-10-17/h5-6,11,14-17H,2-4,7-10,12-13H2,1H3. The molecular weight excluding hydrogens is 388 g/mol. The molecule has 156 valence electrons. The molecule has 29 heavy (non-hydrogen) atoms.